The first-order valence-electron chi connectivity index (χ1n) is 8.14. The van der Waals surface area contributed by atoms with Gasteiger partial charge in [-0.2, -0.15) is 5.10 Å². The zero-order valence-electron chi connectivity index (χ0n) is 14.6. The van der Waals surface area contributed by atoms with Gasteiger partial charge >= 0.3 is 5.97 Å². The van der Waals surface area contributed by atoms with E-state index in [4.69, 9.17) is 10.5 Å². The first-order chi connectivity index (χ1) is 13.1. The lowest BCUT2D eigenvalue weighted by molar-refractivity contribution is 0.0600. The fraction of sp³-hybridized carbons (Fsp3) is 0.167. The number of nitrogens with zero attached hydrogens (tertiary/aromatic N) is 4. The normalized spacial score (nSPS) is 10.4. The second kappa shape index (κ2) is 8.09. The highest BCUT2D eigenvalue weighted by molar-refractivity contribution is 6.05. The molecule has 0 aliphatic carbocycles. The molecule has 0 bridgehead atoms. The minimum Gasteiger partial charge on any atom is -0.465 e. The average Bonchev–Trinajstić information content (AvgIpc) is 3.13. The maximum Gasteiger partial charge on any atom is 0.337 e. The van der Waals surface area contributed by atoms with Gasteiger partial charge in [-0.1, -0.05) is 12.1 Å². The molecule has 3 rings (SSSR count). The van der Waals surface area contributed by atoms with Crippen LogP contribution in [0.25, 0.3) is 0 Å². The lowest BCUT2D eigenvalue weighted by atomic mass is 10.1. The van der Waals surface area contributed by atoms with E-state index in [1.165, 1.54) is 25.7 Å². The van der Waals surface area contributed by atoms with Crippen LogP contribution in [0.3, 0.4) is 0 Å². The second-order valence-corrected chi connectivity index (χ2v) is 5.68. The highest BCUT2D eigenvalue weighted by Gasteiger charge is 2.13. The number of methoxy groups -OCH3 is 1. The number of amides is 1. The molecular weight excluding hydrogens is 348 g/mol. The smallest absolute Gasteiger partial charge is 0.337 e. The van der Waals surface area contributed by atoms with E-state index in [1.807, 2.05) is 12.1 Å². The Labute approximate surface area is 155 Å². The van der Waals surface area contributed by atoms with Gasteiger partial charge in [0, 0.05) is 25.1 Å². The summed E-state index contributed by atoms with van der Waals surface area (Å²) in [6.07, 6.45) is 6.72. The van der Waals surface area contributed by atoms with E-state index in [-0.39, 0.29) is 17.5 Å². The Bertz CT molecular complexity index is 969. The summed E-state index contributed by atoms with van der Waals surface area (Å²) in [5, 5.41) is 6.90. The van der Waals surface area contributed by atoms with Gasteiger partial charge < -0.3 is 15.8 Å². The molecule has 0 unspecified atom stereocenters. The van der Waals surface area contributed by atoms with E-state index in [9.17, 15) is 9.59 Å². The predicted molar refractivity (Wildman–Crippen MR) is 98.1 cm³/mol. The number of ether oxygens (including phenoxy) is 1. The molecule has 138 valence electrons. The van der Waals surface area contributed by atoms with E-state index >= 15 is 0 Å². The molecule has 0 saturated carbocycles. The monoisotopic (exact) mass is 366 g/mol. The topological polar surface area (TPSA) is 125 Å². The molecule has 0 radical (unpaired) electrons. The van der Waals surface area contributed by atoms with Crippen molar-refractivity contribution in [2.24, 2.45) is 0 Å². The predicted octanol–water partition coefficient (Wildman–Crippen LogP) is 1.54. The van der Waals surface area contributed by atoms with Crippen molar-refractivity contribution in [3.8, 4) is 0 Å². The molecule has 0 fully saturated rings. The first kappa shape index (κ1) is 18.1. The summed E-state index contributed by atoms with van der Waals surface area (Å²) in [7, 11) is 1.35. The Kier molecular flexibility index (Phi) is 5.41. The number of nitrogens with one attached hydrogen (secondary N) is 1. The van der Waals surface area contributed by atoms with Crippen molar-refractivity contribution in [1.29, 1.82) is 0 Å². The molecule has 2 aromatic heterocycles. The summed E-state index contributed by atoms with van der Waals surface area (Å²) in [6.45, 7) is 0.577. The number of carbonyl (C=O) groups is 2. The van der Waals surface area contributed by atoms with Crippen LogP contribution in [0.2, 0.25) is 0 Å². The average molecular weight is 366 g/mol. The highest BCUT2D eigenvalue weighted by atomic mass is 16.5. The first-order valence-corrected chi connectivity index (χ1v) is 8.14. The van der Waals surface area contributed by atoms with E-state index in [0.717, 1.165) is 5.56 Å². The van der Waals surface area contributed by atoms with Crippen LogP contribution in [0.5, 0.6) is 0 Å². The van der Waals surface area contributed by atoms with Gasteiger partial charge in [0.2, 0.25) is 0 Å². The minimum absolute atomic E-state index is 0.0601. The number of aryl methyl sites for hydroxylation is 2. The van der Waals surface area contributed by atoms with Gasteiger partial charge in [0.05, 0.1) is 24.6 Å². The van der Waals surface area contributed by atoms with Gasteiger partial charge in [-0.25, -0.2) is 14.8 Å². The number of carbonyl (C=O) groups excluding carboxylic acids is 2. The molecule has 0 aliphatic rings. The highest BCUT2D eigenvalue weighted by Crippen LogP contribution is 2.12. The van der Waals surface area contributed by atoms with Crippen LogP contribution >= 0.6 is 0 Å². The maximum atomic E-state index is 12.2. The third-order valence-corrected chi connectivity index (χ3v) is 3.81. The van der Waals surface area contributed by atoms with Crippen molar-refractivity contribution < 1.29 is 14.3 Å². The van der Waals surface area contributed by atoms with Crippen LogP contribution in [-0.2, 0) is 17.7 Å². The molecule has 2 heterocycles. The number of nitrogen functional groups attached to an aromatic ring is 1. The number of rotatable bonds is 6. The van der Waals surface area contributed by atoms with Crippen molar-refractivity contribution in [3.63, 3.8) is 0 Å². The van der Waals surface area contributed by atoms with Gasteiger partial charge in [0.25, 0.3) is 5.91 Å². The van der Waals surface area contributed by atoms with Crippen LogP contribution in [0.4, 0.5) is 11.5 Å². The maximum absolute atomic E-state index is 12.2. The second-order valence-electron chi connectivity index (χ2n) is 5.68. The van der Waals surface area contributed by atoms with Gasteiger partial charge in [0.1, 0.15) is 0 Å². The quantitative estimate of drug-likeness (QED) is 0.634. The summed E-state index contributed by atoms with van der Waals surface area (Å²) < 4.78 is 6.42. The molecule has 9 heteroatoms. The molecule has 0 atom stereocenters. The zero-order valence-corrected chi connectivity index (χ0v) is 14.6. The Morgan fingerprint density at radius 3 is 2.85 bits per heavy atom. The molecule has 0 aliphatic heterocycles. The summed E-state index contributed by atoms with van der Waals surface area (Å²) in [4.78, 5) is 31.5. The van der Waals surface area contributed by atoms with E-state index in [2.05, 4.69) is 20.4 Å². The molecule has 3 N–H and O–H groups in total. The van der Waals surface area contributed by atoms with Crippen LogP contribution in [0, 0.1) is 0 Å². The molecule has 1 aromatic carbocycles. The molecular formula is C18H18N6O3. The van der Waals surface area contributed by atoms with Crippen LogP contribution < -0.4 is 11.1 Å². The number of aromatic nitrogens is 4. The summed E-state index contributed by atoms with van der Waals surface area (Å²) in [5.41, 5.74) is 7.71. The number of nitrogens with two attached hydrogens (primary N) is 1. The van der Waals surface area contributed by atoms with Crippen molar-refractivity contribution in [3.05, 3.63) is 65.9 Å². The zero-order chi connectivity index (χ0) is 19.2. The van der Waals surface area contributed by atoms with Gasteiger partial charge in [0.15, 0.2) is 11.5 Å². The number of anilines is 2. The van der Waals surface area contributed by atoms with Gasteiger partial charge in [-0.3, -0.25) is 9.48 Å². The van der Waals surface area contributed by atoms with Gasteiger partial charge in [-0.05, 0) is 24.1 Å². The van der Waals surface area contributed by atoms with E-state index in [1.54, 1.807) is 23.0 Å². The number of benzene rings is 1. The SMILES string of the molecule is COC(=O)c1cccc(CCn2cc(NC(=O)c3nccnc3N)cn2)c1. The molecule has 0 saturated heterocycles. The van der Waals surface area contributed by atoms with E-state index in [0.29, 0.717) is 24.2 Å². The molecule has 0 spiro atoms. The van der Waals surface area contributed by atoms with Crippen molar-refractivity contribution >= 4 is 23.4 Å². The van der Waals surface area contributed by atoms with Crippen molar-refractivity contribution in [1.82, 2.24) is 19.7 Å². The lowest BCUT2D eigenvalue weighted by Crippen LogP contribution is -2.16. The number of esters is 1. The van der Waals surface area contributed by atoms with E-state index < -0.39 is 5.91 Å². The minimum atomic E-state index is -0.453. The number of hydrogen-bond donors (Lipinski definition) is 2. The molecule has 9 nitrogen and oxygen atoms in total. The summed E-state index contributed by atoms with van der Waals surface area (Å²) >= 11 is 0. The van der Waals surface area contributed by atoms with Crippen molar-refractivity contribution in [2.45, 2.75) is 13.0 Å². The standard InChI is InChI=1S/C18H18N6O3/c1-27-18(26)13-4-2-3-12(9-13)5-8-24-11-14(10-22-24)23-17(25)15-16(19)21-7-6-20-15/h2-4,6-7,9-11H,5,8H2,1H3,(H2,19,21)(H,23,25). The number of hydrogen-bond acceptors (Lipinski definition) is 7. The largest absolute Gasteiger partial charge is 0.465 e. The third kappa shape index (κ3) is 4.46. The Balaban J connectivity index is 1.61. The van der Waals surface area contributed by atoms with Crippen LogP contribution in [-0.4, -0.2) is 38.7 Å². The Morgan fingerprint density at radius 2 is 2.07 bits per heavy atom. The fourth-order valence-electron chi connectivity index (χ4n) is 2.48. The van der Waals surface area contributed by atoms with Gasteiger partial charge in [-0.15, -0.1) is 0 Å². The van der Waals surface area contributed by atoms with Crippen molar-refractivity contribution in [2.75, 3.05) is 18.2 Å². The molecule has 27 heavy (non-hydrogen) atoms. The summed E-state index contributed by atoms with van der Waals surface area (Å²) in [6, 6.07) is 7.22. The fourth-order valence-corrected chi connectivity index (χ4v) is 2.48. The molecule has 1 amide bonds. The third-order valence-electron chi connectivity index (χ3n) is 3.81. The Hall–Kier alpha value is -3.75. The molecule has 3 aromatic rings. The Morgan fingerprint density at radius 1 is 1.26 bits per heavy atom. The summed E-state index contributed by atoms with van der Waals surface area (Å²) in [5.74, 6) is -0.761. The van der Waals surface area contributed by atoms with Crippen LogP contribution in [0.1, 0.15) is 26.4 Å². The lowest BCUT2D eigenvalue weighted by Gasteiger charge is -2.05. The van der Waals surface area contributed by atoms with Crippen LogP contribution in [0.15, 0.2) is 49.1 Å².